The zero-order valence-electron chi connectivity index (χ0n) is 14.8. The lowest BCUT2D eigenvalue weighted by molar-refractivity contribution is -0.118. The van der Waals surface area contributed by atoms with Crippen molar-refractivity contribution >= 4 is 48.5 Å². The first kappa shape index (κ1) is 18.7. The smallest absolute Gasteiger partial charge is 0.264 e. The summed E-state index contributed by atoms with van der Waals surface area (Å²) in [6.45, 7) is 6.44. The van der Waals surface area contributed by atoms with Crippen LogP contribution in [0.15, 0.2) is 34.8 Å². The molecule has 0 spiro atoms. The second-order valence-electron chi connectivity index (χ2n) is 5.81. The number of hydrogen-bond donors (Lipinski definition) is 1. The Balaban J connectivity index is 1.66. The van der Waals surface area contributed by atoms with E-state index in [4.69, 9.17) is 9.47 Å². The predicted octanol–water partition coefficient (Wildman–Crippen LogP) is 5.09. The number of anilines is 1. The van der Waals surface area contributed by atoms with E-state index in [1.165, 1.54) is 11.3 Å². The van der Waals surface area contributed by atoms with Crippen molar-refractivity contribution in [2.24, 2.45) is 0 Å². The van der Waals surface area contributed by atoms with Gasteiger partial charge in [0, 0.05) is 0 Å². The third-order valence-corrected chi connectivity index (χ3v) is 5.16. The topological polar surface area (TPSA) is 60.5 Å². The highest BCUT2D eigenvalue weighted by Gasteiger charge is 2.12. The molecular formula is C19H19BrN2O3S. The quantitative estimate of drug-likeness (QED) is 0.586. The fraction of sp³-hybridized carbons (Fsp3) is 0.263. The number of halogens is 1. The molecule has 0 aliphatic heterocycles. The van der Waals surface area contributed by atoms with Gasteiger partial charge in [0.15, 0.2) is 11.7 Å². The first-order valence-corrected chi connectivity index (χ1v) is 9.80. The highest BCUT2D eigenvalue weighted by Crippen LogP contribution is 2.31. The number of carbonyl (C=O) groups is 1. The zero-order valence-corrected chi connectivity index (χ0v) is 17.2. The second kappa shape index (κ2) is 8.05. The van der Waals surface area contributed by atoms with E-state index in [9.17, 15) is 4.79 Å². The fourth-order valence-electron chi connectivity index (χ4n) is 2.59. The van der Waals surface area contributed by atoms with Crippen molar-refractivity contribution in [3.8, 4) is 11.5 Å². The van der Waals surface area contributed by atoms with E-state index in [1.807, 2.05) is 51.1 Å². The van der Waals surface area contributed by atoms with Crippen molar-refractivity contribution in [2.75, 3.05) is 18.5 Å². The van der Waals surface area contributed by atoms with Gasteiger partial charge in [-0.25, -0.2) is 4.98 Å². The lowest BCUT2D eigenvalue weighted by atomic mass is 10.1. The highest BCUT2D eigenvalue weighted by molar-refractivity contribution is 9.10. The number of benzene rings is 2. The Morgan fingerprint density at radius 3 is 2.77 bits per heavy atom. The number of ether oxygens (including phenoxy) is 2. The number of hydrogen-bond acceptors (Lipinski definition) is 5. The van der Waals surface area contributed by atoms with Gasteiger partial charge in [-0.1, -0.05) is 17.4 Å². The molecular weight excluding hydrogens is 416 g/mol. The van der Waals surface area contributed by atoms with Crippen LogP contribution in [0.2, 0.25) is 0 Å². The van der Waals surface area contributed by atoms with Crippen LogP contribution in [0.3, 0.4) is 0 Å². The Morgan fingerprint density at radius 1 is 1.23 bits per heavy atom. The molecule has 1 amide bonds. The van der Waals surface area contributed by atoms with Crippen LogP contribution < -0.4 is 14.8 Å². The minimum atomic E-state index is -0.249. The maximum absolute atomic E-state index is 12.2. The molecule has 0 saturated heterocycles. The normalized spacial score (nSPS) is 10.8. The van der Waals surface area contributed by atoms with Gasteiger partial charge in [0.1, 0.15) is 11.5 Å². The number of rotatable bonds is 6. The van der Waals surface area contributed by atoms with Gasteiger partial charge in [0.25, 0.3) is 5.91 Å². The molecule has 1 heterocycles. The van der Waals surface area contributed by atoms with Crippen molar-refractivity contribution in [1.29, 1.82) is 0 Å². The number of amides is 1. The third kappa shape index (κ3) is 4.34. The van der Waals surface area contributed by atoms with Crippen LogP contribution in [-0.2, 0) is 4.79 Å². The molecule has 0 aliphatic rings. The first-order valence-electron chi connectivity index (χ1n) is 8.19. The summed E-state index contributed by atoms with van der Waals surface area (Å²) in [5, 5.41) is 3.33. The minimum absolute atomic E-state index is 0.0807. The van der Waals surface area contributed by atoms with Gasteiger partial charge in [-0.15, -0.1) is 0 Å². The molecule has 0 fully saturated rings. The standard InChI is InChI=1S/C19H19BrN2O3S/c1-4-24-13-5-6-15-16(9-13)26-19(21-15)22-17(23)10-25-18-12(3)7-11(2)8-14(18)20/h5-9H,4,10H2,1-3H3,(H,21,22,23). The number of thiazole rings is 1. The predicted molar refractivity (Wildman–Crippen MR) is 109 cm³/mol. The summed E-state index contributed by atoms with van der Waals surface area (Å²) < 4.78 is 13.0. The Bertz CT molecular complexity index is 932. The van der Waals surface area contributed by atoms with Crippen molar-refractivity contribution in [1.82, 2.24) is 4.98 Å². The summed E-state index contributed by atoms with van der Waals surface area (Å²) in [5.74, 6) is 1.22. The Labute approximate surface area is 164 Å². The van der Waals surface area contributed by atoms with E-state index >= 15 is 0 Å². The van der Waals surface area contributed by atoms with E-state index in [1.54, 1.807) is 0 Å². The number of nitrogens with zero attached hydrogens (tertiary/aromatic N) is 1. The number of aromatic nitrogens is 1. The molecule has 0 aliphatic carbocycles. The summed E-state index contributed by atoms with van der Waals surface area (Å²) in [4.78, 5) is 16.6. The van der Waals surface area contributed by atoms with E-state index in [-0.39, 0.29) is 12.5 Å². The molecule has 26 heavy (non-hydrogen) atoms. The van der Waals surface area contributed by atoms with Crippen LogP contribution in [0.4, 0.5) is 5.13 Å². The molecule has 3 aromatic rings. The summed E-state index contributed by atoms with van der Waals surface area (Å²) in [6.07, 6.45) is 0. The molecule has 5 nitrogen and oxygen atoms in total. The van der Waals surface area contributed by atoms with Crippen LogP contribution in [0, 0.1) is 13.8 Å². The number of carbonyl (C=O) groups excluding carboxylic acids is 1. The largest absolute Gasteiger partial charge is 0.494 e. The molecule has 0 radical (unpaired) electrons. The average Bonchev–Trinajstić information content (AvgIpc) is 2.95. The summed E-state index contributed by atoms with van der Waals surface area (Å²) in [5.41, 5.74) is 2.94. The van der Waals surface area contributed by atoms with Crippen LogP contribution >= 0.6 is 27.3 Å². The fourth-order valence-corrected chi connectivity index (χ4v) is 4.29. The Kier molecular flexibility index (Phi) is 5.78. The molecule has 7 heteroatoms. The van der Waals surface area contributed by atoms with E-state index in [2.05, 4.69) is 26.2 Å². The van der Waals surface area contributed by atoms with E-state index in [0.717, 1.165) is 31.6 Å². The molecule has 0 unspecified atom stereocenters. The van der Waals surface area contributed by atoms with Crippen LogP contribution in [0.25, 0.3) is 10.2 Å². The van der Waals surface area contributed by atoms with Crippen LogP contribution in [0.1, 0.15) is 18.1 Å². The summed E-state index contributed by atoms with van der Waals surface area (Å²) in [6, 6.07) is 9.66. The highest BCUT2D eigenvalue weighted by atomic mass is 79.9. The lowest BCUT2D eigenvalue weighted by Crippen LogP contribution is -2.20. The van der Waals surface area contributed by atoms with Gasteiger partial charge in [-0.3, -0.25) is 10.1 Å². The van der Waals surface area contributed by atoms with Gasteiger partial charge in [0.05, 0.1) is 21.3 Å². The van der Waals surface area contributed by atoms with Crippen molar-refractivity contribution in [2.45, 2.75) is 20.8 Å². The maximum Gasteiger partial charge on any atom is 0.264 e. The maximum atomic E-state index is 12.2. The number of fused-ring (bicyclic) bond motifs is 1. The second-order valence-corrected chi connectivity index (χ2v) is 7.70. The SMILES string of the molecule is CCOc1ccc2nc(NC(=O)COc3c(C)cc(C)cc3Br)sc2c1. The Morgan fingerprint density at radius 2 is 2.04 bits per heavy atom. The molecule has 0 saturated carbocycles. The molecule has 0 atom stereocenters. The minimum Gasteiger partial charge on any atom is -0.494 e. The van der Waals surface area contributed by atoms with Gasteiger partial charge in [-0.05, 0) is 72.1 Å². The first-order chi connectivity index (χ1) is 12.5. The monoisotopic (exact) mass is 434 g/mol. The third-order valence-electron chi connectivity index (χ3n) is 3.64. The molecule has 1 aromatic heterocycles. The molecule has 0 bridgehead atoms. The number of nitrogens with one attached hydrogen (secondary N) is 1. The molecule has 2 aromatic carbocycles. The van der Waals surface area contributed by atoms with Gasteiger partial charge in [0.2, 0.25) is 0 Å². The molecule has 1 N–H and O–H groups in total. The van der Waals surface area contributed by atoms with Crippen molar-refractivity contribution in [3.63, 3.8) is 0 Å². The Hall–Kier alpha value is -2.12. The van der Waals surface area contributed by atoms with Gasteiger partial charge < -0.3 is 9.47 Å². The lowest BCUT2D eigenvalue weighted by Gasteiger charge is -2.11. The van der Waals surface area contributed by atoms with Crippen LogP contribution in [0.5, 0.6) is 11.5 Å². The van der Waals surface area contributed by atoms with Crippen molar-refractivity contribution in [3.05, 3.63) is 45.9 Å². The molecule has 136 valence electrons. The average molecular weight is 435 g/mol. The van der Waals surface area contributed by atoms with Gasteiger partial charge >= 0.3 is 0 Å². The van der Waals surface area contributed by atoms with E-state index < -0.39 is 0 Å². The van der Waals surface area contributed by atoms with Crippen LogP contribution in [-0.4, -0.2) is 24.1 Å². The summed E-state index contributed by atoms with van der Waals surface area (Å²) in [7, 11) is 0. The van der Waals surface area contributed by atoms with E-state index in [0.29, 0.717) is 17.5 Å². The molecule has 3 rings (SSSR count). The van der Waals surface area contributed by atoms with Crippen molar-refractivity contribution < 1.29 is 14.3 Å². The van der Waals surface area contributed by atoms with Gasteiger partial charge in [-0.2, -0.15) is 0 Å². The zero-order chi connectivity index (χ0) is 18.7. The summed E-state index contributed by atoms with van der Waals surface area (Å²) >= 11 is 4.89. The number of aryl methyl sites for hydroxylation is 2.